The van der Waals surface area contributed by atoms with Gasteiger partial charge in [0.25, 0.3) is 5.91 Å². The Balaban J connectivity index is 2.02. The van der Waals surface area contributed by atoms with Crippen LogP contribution in [0, 0.1) is 5.41 Å². The lowest BCUT2D eigenvalue weighted by Crippen LogP contribution is -2.34. The van der Waals surface area contributed by atoms with Gasteiger partial charge in [-0.3, -0.25) is 14.9 Å². The molecule has 0 heterocycles. The summed E-state index contributed by atoms with van der Waals surface area (Å²) in [4.78, 5) is 24.5. The van der Waals surface area contributed by atoms with E-state index in [4.69, 9.17) is 17.0 Å². The van der Waals surface area contributed by atoms with Crippen molar-refractivity contribution in [2.24, 2.45) is 5.41 Å². The summed E-state index contributed by atoms with van der Waals surface area (Å²) in [6.45, 7) is 5.52. The molecule has 2 aromatic rings. The molecule has 0 radical (unpaired) electrons. The van der Waals surface area contributed by atoms with E-state index in [1.54, 1.807) is 48.5 Å². The zero-order valence-electron chi connectivity index (χ0n) is 15.8. The number of rotatable bonds is 4. The number of methoxy groups -OCH3 is 1. The van der Waals surface area contributed by atoms with Gasteiger partial charge in [-0.25, -0.2) is 0 Å². The standard InChI is InChI=1S/C20H23N3O3S/c1-20(2,3)18(25)21-13-8-7-9-14(12-13)22-19(27)23-17(24)15-10-5-6-11-16(15)26-4/h5-12H,1-4H3,(H,21,25)(H2,22,23,24,27). The fourth-order valence-corrected chi connectivity index (χ4v) is 2.37. The average Bonchev–Trinajstić information content (AvgIpc) is 2.61. The minimum atomic E-state index is -0.499. The third-order valence-corrected chi connectivity index (χ3v) is 3.84. The number of carbonyl (C=O) groups is 2. The molecule has 0 saturated carbocycles. The predicted octanol–water partition coefficient (Wildman–Crippen LogP) is 3.81. The van der Waals surface area contributed by atoms with Gasteiger partial charge in [-0.15, -0.1) is 0 Å². The molecule has 6 nitrogen and oxygen atoms in total. The molecule has 2 rings (SSSR count). The summed E-state index contributed by atoms with van der Waals surface area (Å²) in [6, 6.07) is 14.0. The van der Waals surface area contributed by atoms with Gasteiger partial charge in [0, 0.05) is 16.8 Å². The number of thiocarbonyl (C=S) groups is 1. The van der Waals surface area contributed by atoms with Crippen LogP contribution in [0.3, 0.4) is 0 Å². The second-order valence-corrected chi connectivity index (χ2v) is 7.30. The van der Waals surface area contributed by atoms with Crippen LogP contribution in [-0.2, 0) is 4.79 Å². The number of para-hydroxylation sites is 1. The summed E-state index contributed by atoms with van der Waals surface area (Å²) < 4.78 is 5.18. The summed E-state index contributed by atoms with van der Waals surface area (Å²) in [7, 11) is 1.50. The van der Waals surface area contributed by atoms with Crippen LogP contribution in [0.2, 0.25) is 0 Å². The molecule has 142 valence electrons. The summed E-state index contributed by atoms with van der Waals surface area (Å²) in [5.41, 5.74) is 1.17. The third-order valence-electron chi connectivity index (χ3n) is 3.64. The summed E-state index contributed by atoms with van der Waals surface area (Å²) >= 11 is 5.21. The predicted molar refractivity (Wildman–Crippen MR) is 111 cm³/mol. The molecule has 0 spiro atoms. The summed E-state index contributed by atoms with van der Waals surface area (Å²) in [5.74, 6) is -0.00136. The minimum Gasteiger partial charge on any atom is -0.496 e. The smallest absolute Gasteiger partial charge is 0.261 e. The highest BCUT2D eigenvalue weighted by atomic mass is 32.1. The third kappa shape index (κ3) is 5.79. The van der Waals surface area contributed by atoms with Crippen LogP contribution >= 0.6 is 12.2 Å². The first-order chi connectivity index (χ1) is 12.7. The Morgan fingerprint density at radius 1 is 0.963 bits per heavy atom. The highest BCUT2D eigenvalue weighted by Crippen LogP contribution is 2.20. The van der Waals surface area contributed by atoms with Crippen LogP contribution in [0.25, 0.3) is 0 Å². The van der Waals surface area contributed by atoms with Crippen molar-refractivity contribution in [3.05, 3.63) is 54.1 Å². The lowest BCUT2D eigenvalue weighted by molar-refractivity contribution is -0.123. The van der Waals surface area contributed by atoms with Crippen LogP contribution in [0.1, 0.15) is 31.1 Å². The number of ether oxygens (including phenoxy) is 1. The molecule has 0 atom stereocenters. The molecule has 0 fully saturated rings. The largest absolute Gasteiger partial charge is 0.496 e. The molecule has 2 amide bonds. The van der Waals surface area contributed by atoms with Crippen molar-refractivity contribution in [2.75, 3.05) is 17.7 Å². The highest BCUT2D eigenvalue weighted by molar-refractivity contribution is 7.80. The van der Waals surface area contributed by atoms with Gasteiger partial charge in [-0.1, -0.05) is 39.0 Å². The maximum Gasteiger partial charge on any atom is 0.261 e. The van der Waals surface area contributed by atoms with E-state index in [1.807, 2.05) is 20.8 Å². The normalized spacial score (nSPS) is 10.7. The van der Waals surface area contributed by atoms with E-state index in [0.29, 0.717) is 22.7 Å². The Labute approximate surface area is 164 Å². The summed E-state index contributed by atoms with van der Waals surface area (Å²) in [6.07, 6.45) is 0. The Bertz CT molecular complexity index is 860. The molecular formula is C20H23N3O3S. The van der Waals surface area contributed by atoms with Crippen molar-refractivity contribution >= 4 is 40.5 Å². The van der Waals surface area contributed by atoms with Crippen LogP contribution in [0.15, 0.2) is 48.5 Å². The van der Waals surface area contributed by atoms with Gasteiger partial charge in [-0.05, 0) is 42.5 Å². The summed E-state index contributed by atoms with van der Waals surface area (Å²) in [5, 5.41) is 8.55. The van der Waals surface area contributed by atoms with Crippen LogP contribution in [0.5, 0.6) is 5.75 Å². The second kappa shape index (κ2) is 8.64. The van der Waals surface area contributed by atoms with E-state index in [0.717, 1.165) is 0 Å². The number of carbonyl (C=O) groups excluding carboxylic acids is 2. The maximum atomic E-state index is 12.4. The number of amides is 2. The fourth-order valence-electron chi connectivity index (χ4n) is 2.16. The number of nitrogens with one attached hydrogen (secondary N) is 3. The van der Waals surface area contributed by atoms with E-state index in [2.05, 4.69) is 16.0 Å². The monoisotopic (exact) mass is 385 g/mol. The minimum absolute atomic E-state index is 0.0910. The van der Waals surface area contributed by atoms with Gasteiger partial charge in [0.1, 0.15) is 5.75 Å². The number of benzene rings is 2. The maximum absolute atomic E-state index is 12.4. The molecule has 0 bridgehead atoms. The molecule has 3 N–H and O–H groups in total. The van der Waals surface area contributed by atoms with Crippen molar-refractivity contribution in [3.63, 3.8) is 0 Å². The van der Waals surface area contributed by atoms with Crippen molar-refractivity contribution in [2.45, 2.75) is 20.8 Å². The first kappa shape index (κ1) is 20.4. The molecule has 0 unspecified atom stereocenters. The number of hydrogen-bond acceptors (Lipinski definition) is 4. The molecular weight excluding hydrogens is 362 g/mol. The van der Waals surface area contributed by atoms with Crippen LogP contribution < -0.4 is 20.7 Å². The van der Waals surface area contributed by atoms with E-state index in [9.17, 15) is 9.59 Å². The Kier molecular flexibility index (Phi) is 6.52. The van der Waals surface area contributed by atoms with E-state index in [-0.39, 0.29) is 16.9 Å². The molecule has 0 saturated heterocycles. The molecule has 7 heteroatoms. The van der Waals surface area contributed by atoms with E-state index < -0.39 is 5.41 Å². The van der Waals surface area contributed by atoms with Gasteiger partial charge in [0.15, 0.2) is 5.11 Å². The number of anilines is 2. The van der Waals surface area contributed by atoms with Crippen molar-refractivity contribution in [3.8, 4) is 5.75 Å². The van der Waals surface area contributed by atoms with Crippen molar-refractivity contribution in [1.29, 1.82) is 0 Å². The molecule has 2 aromatic carbocycles. The van der Waals surface area contributed by atoms with Crippen molar-refractivity contribution in [1.82, 2.24) is 5.32 Å². The zero-order valence-corrected chi connectivity index (χ0v) is 16.6. The van der Waals surface area contributed by atoms with Crippen molar-refractivity contribution < 1.29 is 14.3 Å². The molecule has 0 aliphatic rings. The fraction of sp³-hybridized carbons (Fsp3) is 0.250. The highest BCUT2D eigenvalue weighted by Gasteiger charge is 2.21. The number of hydrogen-bond donors (Lipinski definition) is 3. The molecule has 0 aliphatic carbocycles. The average molecular weight is 385 g/mol. The SMILES string of the molecule is COc1ccccc1C(=O)NC(=S)Nc1cccc(NC(=O)C(C)(C)C)c1. The first-order valence-electron chi connectivity index (χ1n) is 8.37. The van der Waals surface area contributed by atoms with Gasteiger partial charge in [-0.2, -0.15) is 0 Å². The Morgan fingerprint density at radius 3 is 2.22 bits per heavy atom. The van der Waals surface area contributed by atoms with Crippen LogP contribution in [-0.4, -0.2) is 24.0 Å². The molecule has 0 aromatic heterocycles. The van der Waals surface area contributed by atoms with E-state index >= 15 is 0 Å². The van der Waals surface area contributed by atoms with Crippen LogP contribution in [0.4, 0.5) is 11.4 Å². The topological polar surface area (TPSA) is 79.5 Å². The van der Waals surface area contributed by atoms with Gasteiger partial charge in [0.2, 0.25) is 5.91 Å². The lowest BCUT2D eigenvalue weighted by Gasteiger charge is -2.18. The van der Waals surface area contributed by atoms with Gasteiger partial charge in [0.05, 0.1) is 12.7 Å². The Hall–Kier alpha value is -2.93. The van der Waals surface area contributed by atoms with E-state index in [1.165, 1.54) is 7.11 Å². The lowest BCUT2D eigenvalue weighted by atomic mass is 9.95. The first-order valence-corrected chi connectivity index (χ1v) is 8.78. The van der Waals surface area contributed by atoms with Gasteiger partial charge >= 0.3 is 0 Å². The van der Waals surface area contributed by atoms with Gasteiger partial charge < -0.3 is 15.4 Å². The molecule has 0 aliphatic heterocycles. The molecule has 27 heavy (non-hydrogen) atoms. The second-order valence-electron chi connectivity index (χ2n) is 6.89. The Morgan fingerprint density at radius 2 is 1.59 bits per heavy atom. The quantitative estimate of drug-likeness (QED) is 0.698. The zero-order chi connectivity index (χ0) is 20.0.